The Hall–Kier alpha value is -1.59. The standard InChI is InChI=1S/C14H19NO4/c1-17-12-5-3-4-11(8-12)9-15-6-7-19-10-13(15)14(16)18-2/h3-5,8,13H,6-7,9-10H2,1-2H3. The summed E-state index contributed by atoms with van der Waals surface area (Å²) >= 11 is 0. The van der Waals surface area contributed by atoms with Crippen molar-refractivity contribution in [3.8, 4) is 5.75 Å². The van der Waals surface area contributed by atoms with E-state index in [1.807, 2.05) is 24.3 Å². The lowest BCUT2D eigenvalue weighted by molar-refractivity contribution is -0.153. The molecule has 0 radical (unpaired) electrons. The zero-order chi connectivity index (χ0) is 13.7. The highest BCUT2D eigenvalue weighted by Crippen LogP contribution is 2.17. The molecule has 1 unspecified atom stereocenters. The Bertz CT molecular complexity index is 435. The molecule has 1 fully saturated rings. The number of morpholine rings is 1. The van der Waals surface area contributed by atoms with E-state index in [1.165, 1.54) is 7.11 Å². The van der Waals surface area contributed by atoms with Crippen LogP contribution in [0.15, 0.2) is 24.3 Å². The maximum absolute atomic E-state index is 11.7. The number of hydrogen-bond acceptors (Lipinski definition) is 5. The summed E-state index contributed by atoms with van der Waals surface area (Å²) in [6.07, 6.45) is 0. The number of nitrogens with zero attached hydrogens (tertiary/aromatic N) is 1. The lowest BCUT2D eigenvalue weighted by Crippen LogP contribution is -2.49. The smallest absolute Gasteiger partial charge is 0.325 e. The van der Waals surface area contributed by atoms with Crippen LogP contribution in [0.3, 0.4) is 0 Å². The lowest BCUT2D eigenvalue weighted by atomic mass is 10.1. The zero-order valence-corrected chi connectivity index (χ0v) is 11.3. The quantitative estimate of drug-likeness (QED) is 0.762. The second kappa shape index (κ2) is 6.54. The Morgan fingerprint density at radius 3 is 3.05 bits per heavy atom. The Morgan fingerprint density at radius 1 is 1.47 bits per heavy atom. The first-order valence-electron chi connectivity index (χ1n) is 6.27. The van der Waals surface area contributed by atoms with Crippen LogP contribution in [0.25, 0.3) is 0 Å². The van der Waals surface area contributed by atoms with E-state index in [0.717, 1.165) is 17.9 Å². The number of rotatable bonds is 4. The summed E-state index contributed by atoms with van der Waals surface area (Å²) in [4.78, 5) is 13.8. The fraction of sp³-hybridized carbons (Fsp3) is 0.500. The summed E-state index contributed by atoms with van der Waals surface area (Å²) in [7, 11) is 3.05. The van der Waals surface area contributed by atoms with Gasteiger partial charge in [-0.05, 0) is 17.7 Å². The predicted molar refractivity (Wildman–Crippen MR) is 70.0 cm³/mol. The van der Waals surface area contributed by atoms with Crippen LogP contribution in [0.4, 0.5) is 0 Å². The van der Waals surface area contributed by atoms with Crippen LogP contribution < -0.4 is 4.74 Å². The zero-order valence-electron chi connectivity index (χ0n) is 11.3. The van der Waals surface area contributed by atoms with Gasteiger partial charge in [0.25, 0.3) is 0 Å². The monoisotopic (exact) mass is 265 g/mol. The van der Waals surface area contributed by atoms with Crippen molar-refractivity contribution in [2.45, 2.75) is 12.6 Å². The average Bonchev–Trinajstić information content (AvgIpc) is 2.47. The minimum atomic E-state index is -0.329. The van der Waals surface area contributed by atoms with E-state index in [1.54, 1.807) is 7.11 Å². The van der Waals surface area contributed by atoms with Gasteiger partial charge in [0.15, 0.2) is 0 Å². The normalized spacial score (nSPS) is 20.0. The first-order valence-corrected chi connectivity index (χ1v) is 6.27. The maximum atomic E-state index is 11.7. The second-order valence-corrected chi connectivity index (χ2v) is 4.44. The Labute approximate surface area is 113 Å². The molecule has 1 atom stereocenters. The molecular formula is C14H19NO4. The third-order valence-corrected chi connectivity index (χ3v) is 3.23. The molecule has 2 rings (SSSR count). The van der Waals surface area contributed by atoms with Gasteiger partial charge in [0.2, 0.25) is 0 Å². The fourth-order valence-corrected chi connectivity index (χ4v) is 2.19. The molecule has 5 nitrogen and oxygen atoms in total. The molecule has 1 aromatic carbocycles. The molecule has 1 aromatic rings. The number of methoxy groups -OCH3 is 2. The van der Waals surface area contributed by atoms with Gasteiger partial charge in [-0.1, -0.05) is 12.1 Å². The Morgan fingerprint density at radius 2 is 2.32 bits per heavy atom. The minimum absolute atomic E-state index is 0.248. The van der Waals surface area contributed by atoms with Crippen molar-refractivity contribution in [1.29, 1.82) is 0 Å². The third-order valence-electron chi connectivity index (χ3n) is 3.23. The molecule has 104 valence electrons. The van der Waals surface area contributed by atoms with E-state index >= 15 is 0 Å². The molecular weight excluding hydrogens is 246 g/mol. The van der Waals surface area contributed by atoms with Crippen molar-refractivity contribution in [2.24, 2.45) is 0 Å². The van der Waals surface area contributed by atoms with Crippen LogP contribution >= 0.6 is 0 Å². The molecule has 5 heteroatoms. The minimum Gasteiger partial charge on any atom is -0.497 e. The molecule has 1 aliphatic heterocycles. The van der Waals surface area contributed by atoms with Crippen molar-refractivity contribution in [3.63, 3.8) is 0 Å². The fourth-order valence-electron chi connectivity index (χ4n) is 2.19. The van der Waals surface area contributed by atoms with E-state index in [4.69, 9.17) is 14.2 Å². The summed E-state index contributed by atoms with van der Waals surface area (Å²) in [5.74, 6) is 0.572. The van der Waals surface area contributed by atoms with Crippen molar-refractivity contribution >= 4 is 5.97 Å². The Balaban J connectivity index is 2.08. The second-order valence-electron chi connectivity index (χ2n) is 4.44. The molecule has 0 bridgehead atoms. The van der Waals surface area contributed by atoms with E-state index in [9.17, 15) is 4.79 Å². The van der Waals surface area contributed by atoms with Gasteiger partial charge in [0.1, 0.15) is 11.8 Å². The largest absolute Gasteiger partial charge is 0.497 e. The van der Waals surface area contributed by atoms with E-state index < -0.39 is 0 Å². The molecule has 0 spiro atoms. The lowest BCUT2D eigenvalue weighted by Gasteiger charge is -2.33. The summed E-state index contributed by atoms with van der Waals surface area (Å²) in [5.41, 5.74) is 1.11. The van der Waals surface area contributed by atoms with Gasteiger partial charge in [-0.3, -0.25) is 9.69 Å². The van der Waals surface area contributed by atoms with Crippen molar-refractivity contribution in [3.05, 3.63) is 29.8 Å². The number of carbonyl (C=O) groups is 1. The van der Waals surface area contributed by atoms with E-state index in [2.05, 4.69) is 4.90 Å². The summed E-state index contributed by atoms with van der Waals surface area (Å²) in [6.45, 7) is 2.42. The topological polar surface area (TPSA) is 48.0 Å². The Kier molecular flexibility index (Phi) is 4.76. The van der Waals surface area contributed by atoms with Gasteiger partial charge in [0.05, 0.1) is 27.4 Å². The van der Waals surface area contributed by atoms with Gasteiger partial charge in [0, 0.05) is 13.1 Å². The highest BCUT2D eigenvalue weighted by molar-refractivity contribution is 5.75. The molecule has 1 saturated heterocycles. The highest BCUT2D eigenvalue weighted by atomic mass is 16.5. The SMILES string of the molecule is COC(=O)C1COCCN1Cc1cccc(OC)c1. The number of benzene rings is 1. The molecule has 1 heterocycles. The van der Waals surface area contributed by atoms with E-state index in [0.29, 0.717) is 19.8 Å². The highest BCUT2D eigenvalue weighted by Gasteiger charge is 2.30. The van der Waals surface area contributed by atoms with Gasteiger partial charge in [-0.2, -0.15) is 0 Å². The summed E-state index contributed by atoms with van der Waals surface area (Å²) in [5, 5.41) is 0. The number of carbonyl (C=O) groups excluding carboxylic acids is 1. The van der Waals surface area contributed by atoms with Crippen molar-refractivity contribution < 1.29 is 19.0 Å². The molecule has 19 heavy (non-hydrogen) atoms. The van der Waals surface area contributed by atoms with Crippen LogP contribution in [0, 0.1) is 0 Å². The number of esters is 1. The van der Waals surface area contributed by atoms with Crippen molar-refractivity contribution in [2.75, 3.05) is 34.0 Å². The van der Waals surface area contributed by atoms with Crippen LogP contribution in [-0.4, -0.2) is 50.9 Å². The predicted octanol–water partition coefficient (Wildman–Crippen LogP) is 1.07. The average molecular weight is 265 g/mol. The van der Waals surface area contributed by atoms with Gasteiger partial charge in [-0.15, -0.1) is 0 Å². The molecule has 0 N–H and O–H groups in total. The van der Waals surface area contributed by atoms with Crippen molar-refractivity contribution in [1.82, 2.24) is 4.90 Å². The summed E-state index contributed by atoms with van der Waals surface area (Å²) in [6, 6.07) is 7.52. The van der Waals surface area contributed by atoms with Crippen LogP contribution in [0.2, 0.25) is 0 Å². The third kappa shape index (κ3) is 3.45. The first-order chi connectivity index (χ1) is 9.24. The molecule has 0 saturated carbocycles. The van der Waals surface area contributed by atoms with Gasteiger partial charge in [-0.25, -0.2) is 0 Å². The van der Waals surface area contributed by atoms with Gasteiger partial charge < -0.3 is 14.2 Å². The van der Waals surface area contributed by atoms with Crippen LogP contribution in [0.1, 0.15) is 5.56 Å². The molecule has 0 aromatic heterocycles. The number of ether oxygens (including phenoxy) is 3. The van der Waals surface area contributed by atoms with E-state index in [-0.39, 0.29) is 12.0 Å². The summed E-state index contributed by atoms with van der Waals surface area (Å²) < 4.78 is 15.4. The van der Waals surface area contributed by atoms with Crippen LogP contribution in [0.5, 0.6) is 5.75 Å². The molecule has 0 aliphatic carbocycles. The maximum Gasteiger partial charge on any atom is 0.325 e. The first kappa shape index (κ1) is 13.8. The molecule has 0 amide bonds. The van der Waals surface area contributed by atoms with Gasteiger partial charge >= 0.3 is 5.97 Å². The number of hydrogen-bond donors (Lipinski definition) is 0. The molecule has 1 aliphatic rings. The van der Waals surface area contributed by atoms with Crippen LogP contribution in [-0.2, 0) is 20.8 Å².